The lowest BCUT2D eigenvalue weighted by atomic mass is 10.1. The zero-order chi connectivity index (χ0) is 13.8. The Kier molecular flexibility index (Phi) is 7.93. The van der Waals surface area contributed by atoms with Crippen molar-refractivity contribution in [3.05, 3.63) is 29.3 Å². The molecule has 0 saturated carbocycles. The summed E-state index contributed by atoms with van der Waals surface area (Å²) in [6, 6.07) is 6.09. The van der Waals surface area contributed by atoms with Gasteiger partial charge >= 0.3 is 0 Å². The third kappa shape index (κ3) is 5.67. The number of halogens is 2. The van der Waals surface area contributed by atoms with Gasteiger partial charge in [-0.25, -0.2) is 13.1 Å². The molecule has 1 unspecified atom stereocenters. The van der Waals surface area contributed by atoms with Gasteiger partial charge in [0.1, 0.15) is 4.90 Å². The van der Waals surface area contributed by atoms with Crippen LogP contribution < -0.4 is 10.5 Å². The monoisotopic (exact) mass is 326 g/mol. The first kappa shape index (κ1) is 18.7. The van der Waals surface area contributed by atoms with Crippen molar-refractivity contribution in [3.63, 3.8) is 0 Å². The topological polar surface area (TPSA) is 72.2 Å². The maximum atomic E-state index is 12.2. The van der Waals surface area contributed by atoms with Crippen LogP contribution in [-0.2, 0) is 10.0 Å². The molecule has 1 atom stereocenters. The van der Waals surface area contributed by atoms with E-state index >= 15 is 0 Å². The average Bonchev–Trinajstić information content (AvgIpc) is 2.27. The normalized spacial score (nSPS) is 13.1. The summed E-state index contributed by atoms with van der Waals surface area (Å²) in [5.41, 5.74) is 5.58. The lowest BCUT2D eigenvalue weighted by molar-refractivity contribution is 0.465. The number of nitrogens with two attached hydrogens (primary N) is 1. The molecule has 0 amide bonds. The lowest BCUT2D eigenvalue weighted by Crippen LogP contribution is -2.41. The zero-order valence-corrected chi connectivity index (χ0v) is 13.4. The Bertz CT molecular complexity index is 492. The lowest BCUT2D eigenvalue weighted by Gasteiger charge is -2.19. The van der Waals surface area contributed by atoms with Gasteiger partial charge in [0.05, 0.1) is 5.02 Å². The highest BCUT2D eigenvalue weighted by molar-refractivity contribution is 7.89. The summed E-state index contributed by atoms with van der Waals surface area (Å²) < 4.78 is 26.9. The summed E-state index contributed by atoms with van der Waals surface area (Å²) in [6.45, 7) is 4.31. The smallest absolute Gasteiger partial charge is 0.242 e. The Morgan fingerprint density at radius 3 is 2.37 bits per heavy atom. The number of benzene rings is 1. The molecule has 0 heterocycles. The zero-order valence-electron chi connectivity index (χ0n) is 11.0. The quantitative estimate of drug-likeness (QED) is 0.843. The molecule has 1 aromatic rings. The second-order valence-corrected chi connectivity index (χ2v) is 6.70. The van der Waals surface area contributed by atoms with E-state index in [0.717, 1.165) is 0 Å². The second-order valence-electron chi connectivity index (χ2n) is 4.61. The summed E-state index contributed by atoms with van der Waals surface area (Å²) in [6.07, 6.45) is 0.695. The van der Waals surface area contributed by atoms with Crippen LogP contribution >= 0.6 is 24.0 Å². The highest BCUT2D eigenvalue weighted by atomic mass is 35.5. The second kappa shape index (κ2) is 8.07. The third-order valence-corrected chi connectivity index (χ3v) is 4.51. The van der Waals surface area contributed by atoms with Crippen LogP contribution in [0.25, 0.3) is 0 Å². The highest BCUT2D eigenvalue weighted by Crippen LogP contribution is 2.21. The highest BCUT2D eigenvalue weighted by Gasteiger charge is 2.21. The summed E-state index contributed by atoms with van der Waals surface area (Å²) in [5, 5.41) is 0.213. The first-order valence-electron chi connectivity index (χ1n) is 5.83. The molecule has 0 aromatic heterocycles. The molecule has 0 aliphatic rings. The number of nitrogens with one attached hydrogen (secondary N) is 1. The van der Waals surface area contributed by atoms with Crippen LogP contribution in [-0.4, -0.2) is 21.0 Å². The van der Waals surface area contributed by atoms with Gasteiger partial charge in [-0.05, 0) is 24.5 Å². The average molecular weight is 327 g/mol. The van der Waals surface area contributed by atoms with Crippen molar-refractivity contribution in [2.45, 2.75) is 31.2 Å². The maximum Gasteiger partial charge on any atom is 0.242 e. The van der Waals surface area contributed by atoms with E-state index in [4.69, 9.17) is 17.3 Å². The van der Waals surface area contributed by atoms with Crippen LogP contribution in [0.15, 0.2) is 29.2 Å². The van der Waals surface area contributed by atoms with Crippen LogP contribution in [0.3, 0.4) is 0 Å². The van der Waals surface area contributed by atoms with Gasteiger partial charge in [-0.3, -0.25) is 0 Å². The van der Waals surface area contributed by atoms with Crippen molar-refractivity contribution in [3.8, 4) is 0 Å². The number of hydrogen-bond acceptors (Lipinski definition) is 3. The Morgan fingerprint density at radius 2 is 1.89 bits per heavy atom. The Labute approximate surface area is 126 Å². The molecule has 0 aliphatic heterocycles. The van der Waals surface area contributed by atoms with E-state index in [1.165, 1.54) is 6.07 Å². The number of rotatable bonds is 6. The summed E-state index contributed by atoms with van der Waals surface area (Å²) in [5.74, 6) is 0.368. The van der Waals surface area contributed by atoms with E-state index in [2.05, 4.69) is 4.72 Å². The van der Waals surface area contributed by atoms with E-state index in [0.29, 0.717) is 12.3 Å². The predicted octanol–water partition coefficient (Wildman–Crippen LogP) is 2.41. The molecule has 0 aliphatic carbocycles. The molecule has 4 nitrogen and oxygen atoms in total. The fourth-order valence-corrected chi connectivity index (χ4v) is 3.49. The molecule has 7 heteroatoms. The van der Waals surface area contributed by atoms with Gasteiger partial charge in [0.2, 0.25) is 10.0 Å². The molecule has 3 N–H and O–H groups in total. The van der Waals surface area contributed by atoms with Crippen molar-refractivity contribution >= 4 is 34.0 Å². The first-order chi connectivity index (χ1) is 8.36. The molecule has 1 aromatic carbocycles. The molecular weight excluding hydrogens is 307 g/mol. The molecule has 1 rings (SSSR count). The van der Waals surface area contributed by atoms with E-state index in [-0.39, 0.29) is 34.9 Å². The van der Waals surface area contributed by atoms with E-state index in [1.54, 1.807) is 18.2 Å². The maximum absolute atomic E-state index is 12.2. The molecule has 0 fully saturated rings. The minimum absolute atomic E-state index is 0. The van der Waals surface area contributed by atoms with Gasteiger partial charge in [-0.1, -0.05) is 37.6 Å². The standard InChI is InChI=1S/C12H19ClN2O2S.ClH/c1-9(2)7-10(8-14)15-18(16,17)12-6-4-3-5-11(12)13;/h3-6,9-10,15H,7-8,14H2,1-2H3;1H. The van der Waals surface area contributed by atoms with Crippen LogP contribution in [0.5, 0.6) is 0 Å². The minimum Gasteiger partial charge on any atom is -0.329 e. The van der Waals surface area contributed by atoms with Crippen molar-refractivity contribution in [1.29, 1.82) is 0 Å². The summed E-state index contributed by atoms with van der Waals surface area (Å²) >= 11 is 5.89. The molecule has 0 bridgehead atoms. The Morgan fingerprint density at radius 1 is 1.32 bits per heavy atom. The largest absolute Gasteiger partial charge is 0.329 e. The van der Waals surface area contributed by atoms with Crippen LogP contribution in [0.1, 0.15) is 20.3 Å². The van der Waals surface area contributed by atoms with Gasteiger partial charge in [0.25, 0.3) is 0 Å². The van der Waals surface area contributed by atoms with Gasteiger partial charge in [0.15, 0.2) is 0 Å². The van der Waals surface area contributed by atoms with Gasteiger partial charge in [-0.15, -0.1) is 12.4 Å². The van der Waals surface area contributed by atoms with Crippen molar-refractivity contribution in [1.82, 2.24) is 4.72 Å². The van der Waals surface area contributed by atoms with E-state index in [9.17, 15) is 8.42 Å². The molecule has 110 valence electrons. The van der Waals surface area contributed by atoms with Crippen molar-refractivity contribution in [2.75, 3.05) is 6.54 Å². The van der Waals surface area contributed by atoms with Gasteiger partial charge < -0.3 is 5.73 Å². The Hall–Kier alpha value is -0.330. The van der Waals surface area contributed by atoms with Crippen LogP contribution in [0.4, 0.5) is 0 Å². The summed E-state index contributed by atoms with van der Waals surface area (Å²) in [7, 11) is -3.61. The predicted molar refractivity (Wildman–Crippen MR) is 81.3 cm³/mol. The van der Waals surface area contributed by atoms with E-state index in [1.807, 2.05) is 13.8 Å². The number of hydrogen-bond donors (Lipinski definition) is 2. The molecule has 0 spiro atoms. The van der Waals surface area contributed by atoms with Crippen molar-refractivity contribution < 1.29 is 8.42 Å². The van der Waals surface area contributed by atoms with Gasteiger partial charge in [0, 0.05) is 12.6 Å². The van der Waals surface area contributed by atoms with Crippen LogP contribution in [0.2, 0.25) is 5.02 Å². The van der Waals surface area contributed by atoms with Crippen LogP contribution in [0, 0.1) is 5.92 Å². The fraction of sp³-hybridized carbons (Fsp3) is 0.500. The minimum atomic E-state index is -3.61. The van der Waals surface area contributed by atoms with E-state index < -0.39 is 10.0 Å². The fourth-order valence-electron chi connectivity index (χ4n) is 1.71. The van der Waals surface area contributed by atoms with Gasteiger partial charge in [-0.2, -0.15) is 0 Å². The third-order valence-electron chi connectivity index (χ3n) is 2.49. The molecule has 0 radical (unpaired) electrons. The molecular formula is C12H20Cl2N2O2S. The van der Waals surface area contributed by atoms with Crippen molar-refractivity contribution in [2.24, 2.45) is 11.7 Å². The summed E-state index contributed by atoms with van der Waals surface area (Å²) in [4.78, 5) is 0.0915. The Balaban J connectivity index is 0.00000324. The first-order valence-corrected chi connectivity index (χ1v) is 7.70. The molecule has 0 saturated heterocycles. The SMILES string of the molecule is CC(C)CC(CN)NS(=O)(=O)c1ccccc1Cl.Cl. The molecule has 19 heavy (non-hydrogen) atoms. The number of sulfonamides is 1.